The number of pyridine rings is 1. The summed E-state index contributed by atoms with van der Waals surface area (Å²) in [6.07, 6.45) is 4.10. The lowest BCUT2D eigenvalue weighted by atomic mass is 10.0. The van der Waals surface area contributed by atoms with Crippen molar-refractivity contribution in [1.82, 2.24) is 15.2 Å². The number of ether oxygens (including phenoxy) is 1. The number of likely N-dealkylation sites (tertiary alicyclic amines) is 1. The Morgan fingerprint density at radius 1 is 1.09 bits per heavy atom. The van der Waals surface area contributed by atoms with Gasteiger partial charge in [0.05, 0.1) is 6.04 Å². The zero-order valence-corrected chi connectivity index (χ0v) is 18.1. The summed E-state index contributed by atoms with van der Waals surface area (Å²) in [6.45, 7) is 3.46. The van der Waals surface area contributed by atoms with E-state index in [2.05, 4.69) is 10.3 Å². The highest BCUT2D eigenvalue weighted by Crippen LogP contribution is 2.27. The second-order valence-electron chi connectivity index (χ2n) is 7.93. The van der Waals surface area contributed by atoms with Crippen molar-refractivity contribution in [3.63, 3.8) is 0 Å². The number of fused-ring (bicyclic) bond motifs is 1. The molecule has 166 valence electrons. The standard InChI is InChI=1S/C25H27N3O4/c1-2-20(27-25(31)19-15-26-21-11-5-3-10-18(21)24(19)30)17-9-4-6-12-22(17)32-16-23(29)28-13-7-8-14-28/h3-6,9-12,15,20H,2,7-8,13-14,16H2,1H3,(H,26,30)(H,27,31). The molecule has 1 unspecified atom stereocenters. The summed E-state index contributed by atoms with van der Waals surface area (Å²) in [6, 6.07) is 14.1. The molecule has 32 heavy (non-hydrogen) atoms. The highest BCUT2D eigenvalue weighted by atomic mass is 16.5. The minimum atomic E-state index is -0.452. The van der Waals surface area contributed by atoms with Crippen molar-refractivity contribution in [2.24, 2.45) is 0 Å². The molecule has 1 saturated heterocycles. The molecule has 1 atom stereocenters. The van der Waals surface area contributed by atoms with Gasteiger partial charge >= 0.3 is 0 Å². The first kappa shape index (κ1) is 21.6. The quantitative estimate of drug-likeness (QED) is 0.597. The number of carbonyl (C=O) groups excluding carboxylic acids is 2. The van der Waals surface area contributed by atoms with Gasteiger partial charge in [-0.1, -0.05) is 37.3 Å². The molecule has 2 heterocycles. The van der Waals surface area contributed by atoms with Gasteiger partial charge in [0.2, 0.25) is 5.43 Å². The van der Waals surface area contributed by atoms with Gasteiger partial charge in [-0.05, 0) is 37.5 Å². The number of aromatic nitrogens is 1. The van der Waals surface area contributed by atoms with E-state index >= 15 is 0 Å². The molecule has 0 bridgehead atoms. The summed E-state index contributed by atoms with van der Waals surface area (Å²) in [5.41, 5.74) is 1.20. The Kier molecular flexibility index (Phi) is 6.54. The third-order valence-corrected chi connectivity index (χ3v) is 5.85. The number of aromatic amines is 1. The molecule has 2 amide bonds. The van der Waals surface area contributed by atoms with Crippen LogP contribution in [0.25, 0.3) is 10.9 Å². The first-order chi connectivity index (χ1) is 15.6. The van der Waals surface area contributed by atoms with Crippen molar-refractivity contribution >= 4 is 22.7 Å². The molecule has 1 fully saturated rings. The lowest BCUT2D eigenvalue weighted by molar-refractivity contribution is -0.132. The van der Waals surface area contributed by atoms with Crippen LogP contribution < -0.4 is 15.5 Å². The Balaban J connectivity index is 1.51. The summed E-state index contributed by atoms with van der Waals surface area (Å²) in [5, 5.41) is 3.42. The van der Waals surface area contributed by atoms with Gasteiger partial charge in [0, 0.05) is 35.8 Å². The normalized spacial score (nSPS) is 14.3. The van der Waals surface area contributed by atoms with Crippen LogP contribution in [0.15, 0.2) is 59.5 Å². The molecule has 1 aromatic heterocycles. The molecular formula is C25H27N3O4. The number of carbonyl (C=O) groups is 2. The van der Waals surface area contributed by atoms with Gasteiger partial charge in [-0.25, -0.2) is 0 Å². The topological polar surface area (TPSA) is 91.5 Å². The number of benzene rings is 2. The summed E-state index contributed by atoms with van der Waals surface area (Å²) in [5.74, 6) is 0.0727. The molecule has 1 aliphatic heterocycles. The fraction of sp³-hybridized carbons (Fsp3) is 0.320. The molecule has 0 spiro atoms. The van der Waals surface area contributed by atoms with Gasteiger partial charge < -0.3 is 19.9 Å². The average molecular weight is 434 g/mol. The van der Waals surface area contributed by atoms with E-state index in [1.807, 2.05) is 36.1 Å². The third kappa shape index (κ3) is 4.51. The fourth-order valence-electron chi connectivity index (χ4n) is 4.07. The van der Waals surface area contributed by atoms with E-state index in [-0.39, 0.29) is 29.5 Å². The van der Waals surface area contributed by atoms with Gasteiger partial charge in [0.15, 0.2) is 6.61 Å². The van der Waals surface area contributed by atoms with E-state index in [0.29, 0.717) is 23.1 Å². The minimum Gasteiger partial charge on any atom is -0.483 e. The Morgan fingerprint density at radius 3 is 2.59 bits per heavy atom. The van der Waals surface area contributed by atoms with Crippen molar-refractivity contribution in [2.45, 2.75) is 32.2 Å². The van der Waals surface area contributed by atoms with Gasteiger partial charge in [-0.3, -0.25) is 14.4 Å². The molecule has 3 aromatic rings. The summed E-state index contributed by atoms with van der Waals surface area (Å²) in [7, 11) is 0. The molecular weight excluding hydrogens is 406 g/mol. The zero-order chi connectivity index (χ0) is 22.5. The Bertz CT molecular complexity index is 1180. The second-order valence-corrected chi connectivity index (χ2v) is 7.93. The van der Waals surface area contributed by atoms with Crippen molar-refractivity contribution < 1.29 is 14.3 Å². The Morgan fingerprint density at radius 2 is 1.81 bits per heavy atom. The van der Waals surface area contributed by atoms with E-state index in [4.69, 9.17) is 4.74 Å². The monoisotopic (exact) mass is 433 g/mol. The van der Waals surface area contributed by atoms with Gasteiger partial charge in [0.1, 0.15) is 11.3 Å². The maximum atomic E-state index is 13.0. The molecule has 1 aliphatic rings. The van der Waals surface area contributed by atoms with Crippen LogP contribution in [0.1, 0.15) is 48.1 Å². The smallest absolute Gasteiger partial charge is 0.260 e. The average Bonchev–Trinajstić information content (AvgIpc) is 3.37. The number of hydrogen-bond acceptors (Lipinski definition) is 4. The molecule has 0 aliphatic carbocycles. The number of H-pyrrole nitrogens is 1. The minimum absolute atomic E-state index is 0.0305. The van der Waals surface area contributed by atoms with Gasteiger partial charge in [-0.2, -0.15) is 0 Å². The number of rotatable bonds is 7. The number of para-hydroxylation sites is 2. The Hall–Kier alpha value is -3.61. The summed E-state index contributed by atoms with van der Waals surface area (Å²) in [4.78, 5) is 43.0. The van der Waals surface area contributed by atoms with Crippen LogP contribution in [0.3, 0.4) is 0 Å². The Labute approximate surface area is 186 Å². The van der Waals surface area contributed by atoms with Crippen LogP contribution in [0.4, 0.5) is 0 Å². The van der Waals surface area contributed by atoms with Gasteiger partial charge in [-0.15, -0.1) is 0 Å². The van der Waals surface area contributed by atoms with E-state index in [9.17, 15) is 14.4 Å². The number of nitrogens with one attached hydrogen (secondary N) is 2. The van der Waals surface area contributed by atoms with E-state index in [1.165, 1.54) is 6.20 Å². The van der Waals surface area contributed by atoms with Crippen molar-refractivity contribution in [3.05, 3.63) is 76.1 Å². The third-order valence-electron chi connectivity index (χ3n) is 5.85. The number of hydrogen-bond donors (Lipinski definition) is 2. The predicted molar refractivity (Wildman–Crippen MR) is 123 cm³/mol. The molecule has 7 nitrogen and oxygen atoms in total. The molecule has 4 rings (SSSR count). The maximum absolute atomic E-state index is 13.0. The summed E-state index contributed by atoms with van der Waals surface area (Å²) < 4.78 is 5.85. The predicted octanol–water partition coefficient (Wildman–Crippen LogP) is 3.41. The molecule has 7 heteroatoms. The molecule has 2 N–H and O–H groups in total. The number of amides is 2. The number of nitrogens with zero attached hydrogens (tertiary/aromatic N) is 1. The van der Waals surface area contributed by atoms with Gasteiger partial charge in [0.25, 0.3) is 11.8 Å². The molecule has 2 aromatic carbocycles. The lowest BCUT2D eigenvalue weighted by Crippen LogP contribution is -2.33. The first-order valence-electron chi connectivity index (χ1n) is 11.0. The van der Waals surface area contributed by atoms with Crippen LogP contribution in [0.2, 0.25) is 0 Å². The van der Waals surface area contributed by atoms with Crippen LogP contribution in [-0.4, -0.2) is 41.4 Å². The SMILES string of the molecule is CCC(NC(=O)c1c[nH]c2ccccc2c1=O)c1ccccc1OCC(=O)N1CCCC1. The van der Waals surface area contributed by atoms with Crippen molar-refractivity contribution in [1.29, 1.82) is 0 Å². The highest BCUT2D eigenvalue weighted by molar-refractivity contribution is 5.97. The zero-order valence-electron chi connectivity index (χ0n) is 18.1. The first-order valence-corrected chi connectivity index (χ1v) is 11.0. The van der Waals surface area contributed by atoms with E-state index in [0.717, 1.165) is 31.5 Å². The largest absolute Gasteiger partial charge is 0.483 e. The van der Waals surface area contributed by atoms with E-state index in [1.54, 1.807) is 24.3 Å². The van der Waals surface area contributed by atoms with Crippen LogP contribution >= 0.6 is 0 Å². The second kappa shape index (κ2) is 9.68. The highest BCUT2D eigenvalue weighted by Gasteiger charge is 2.22. The van der Waals surface area contributed by atoms with E-state index < -0.39 is 5.91 Å². The van der Waals surface area contributed by atoms with Crippen molar-refractivity contribution in [2.75, 3.05) is 19.7 Å². The van der Waals surface area contributed by atoms with Crippen LogP contribution in [0.5, 0.6) is 5.75 Å². The maximum Gasteiger partial charge on any atom is 0.260 e. The fourth-order valence-corrected chi connectivity index (χ4v) is 4.07. The molecule has 0 saturated carbocycles. The molecule has 0 radical (unpaired) electrons. The lowest BCUT2D eigenvalue weighted by Gasteiger charge is -2.21. The van der Waals surface area contributed by atoms with Crippen molar-refractivity contribution in [3.8, 4) is 5.75 Å². The van der Waals surface area contributed by atoms with Crippen LogP contribution in [-0.2, 0) is 4.79 Å². The summed E-state index contributed by atoms with van der Waals surface area (Å²) >= 11 is 0. The van der Waals surface area contributed by atoms with Crippen LogP contribution in [0, 0.1) is 0 Å².